The van der Waals surface area contributed by atoms with Crippen molar-refractivity contribution in [3.63, 3.8) is 0 Å². The second-order valence-corrected chi connectivity index (χ2v) is 4.63. The van der Waals surface area contributed by atoms with Crippen molar-refractivity contribution < 1.29 is 14.5 Å². The van der Waals surface area contributed by atoms with E-state index in [9.17, 15) is 14.9 Å². The fourth-order valence-corrected chi connectivity index (χ4v) is 1.90. The van der Waals surface area contributed by atoms with E-state index in [-0.39, 0.29) is 11.6 Å². The Kier molecular flexibility index (Phi) is 6.27. The van der Waals surface area contributed by atoms with Gasteiger partial charge in [0.2, 0.25) is 5.91 Å². The van der Waals surface area contributed by atoms with Gasteiger partial charge in [0.15, 0.2) is 0 Å². The first-order valence-corrected chi connectivity index (χ1v) is 6.89. The third-order valence-electron chi connectivity index (χ3n) is 2.46. The average Bonchev–Trinajstić information content (AvgIpc) is 2.38. The van der Waals surface area contributed by atoms with Gasteiger partial charge in [-0.1, -0.05) is 15.9 Å². The highest BCUT2D eigenvalue weighted by Gasteiger charge is 2.13. The van der Waals surface area contributed by atoms with Gasteiger partial charge in [-0.15, -0.1) is 0 Å². The van der Waals surface area contributed by atoms with Gasteiger partial charge in [-0.25, -0.2) is 0 Å². The Bertz CT molecular complexity index is 465. The van der Waals surface area contributed by atoms with Crippen LogP contribution in [0.25, 0.3) is 0 Å². The first-order chi connectivity index (χ1) is 9.08. The quantitative estimate of drug-likeness (QED) is 0.360. The van der Waals surface area contributed by atoms with Crippen molar-refractivity contribution in [1.29, 1.82) is 0 Å². The van der Waals surface area contributed by atoms with E-state index in [2.05, 4.69) is 21.2 Å². The highest BCUT2D eigenvalue weighted by atomic mass is 79.9. The lowest BCUT2D eigenvalue weighted by atomic mass is 10.2. The number of benzene rings is 1. The van der Waals surface area contributed by atoms with E-state index in [0.29, 0.717) is 17.9 Å². The fraction of sp³-hybridized carbons (Fsp3) is 0.417. The molecular weight excluding hydrogens is 316 g/mol. The van der Waals surface area contributed by atoms with E-state index in [1.165, 1.54) is 25.3 Å². The molecule has 19 heavy (non-hydrogen) atoms. The first kappa shape index (κ1) is 15.4. The summed E-state index contributed by atoms with van der Waals surface area (Å²) in [5, 5.41) is 14.2. The number of ether oxygens (including phenoxy) is 1. The summed E-state index contributed by atoms with van der Waals surface area (Å²) in [6, 6.07) is 4.09. The van der Waals surface area contributed by atoms with Gasteiger partial charge in [0, 0.05) is 23.9 Å². The van der Waals surface area contributed by atoms with Crippen molar-refractivity contribution in [3.05, 3.63) is 28.3 Å². The third-order valence-corrected chi connectivity index (χ3v) is 3.02. The summed E-state index contributed by atoms with van der Waals surface area (Å²) in [6.45, 7) is 0. The molecule has 0 heterocycles. The summed E-state index contributed by atoms with van der Waals surface area (Å²) in [7, 11) is 1.45. The largest absolute Gasteiger partial charge is 0.495 e. The van der Waals surface area contributed by atoms with Crippen LogP contribution in [-0.4, -0.2) is 23.3 Å². The van der Waals surface area contributed by atoms with Crippen molar-refractivity contribution >= 4 is 33.2 Å². The van der Waals surface area contributed by atoms with E-state index in [1.807, 2.05) is 0 Å². The minimum atomic E-state index is -0.514. The van der Waals surface area contributed by atoms with Gasteiger partial charge in [-0.05, 0) is 18.9 Å². The Morgan fingerprint density at radius 3 is 2.79 bits per heavy atom. The molecule has 0 fully saturated rings. The molecule has 1 N–H and O–H groups in total. The number of nitro benzene ring substituents is 1. The Labute approximate surface area is 119 Å². The van der Waals surface area contributed by atoms with Crippen LogP contribution in [0.3, 0.4) is 0 Å². The molecule has 7 heteroatoms. The second-order valence-electron chi connectivity index (χ2n) is 3.84. The number of anilines is 1. The van der Waals surface area contributed by atoms with E-state index in [4.69, 9.17) is 4.74 Å². The van der Waals surface area contributed by atoms with E-state index in [0.717, 1.165) is 18.2 Å². The fourth-order valence-electron chi connectivity index (χ4n) is 1.50. The van der Waals surface area contributed by atoms with E-state index >= 15 is 0 Å². The van der Waals surface area contributed by atoms with Crippen LogP contribution in [0, 0.1) is 10.1 Å². The standard InChI is InChI=1S/C12H15BrN2O4/c1-19-11-6-5-9(15(17)18)8-10(11)14-12(16)4-2-3-7-13/h5-6,8H,2-4,7H2,1H3,(H,14,16). The molecule has 1 aromatic carbocycles. The van der Waals surface area contributed by atoms with Gasteiger partial charge in [0.05, 0.1) is 17.7 Å². The molecule has 0 aliphatic carbocycles. The summed E-state index contributed by atoms with van der Waals surface area (Å²) in [5.74, 6) is 0.221. The van der Waals surface area contributed by atoms with Crippen molar-refractivity contribution in [2.24, 2.45) is 0 Å². The van der Waals surface area contributed by atoms with Crippen LogP contribution < -0.4 is 10.1 Å². The molecule has 0 aliphatic heterocycles. The number of hydrogen-bond acceptors (Lipinski definition) is 4. The lowest BCUT2D eigenvalue weighted by Gasteiger charge is -2.09. The Morgan fingerprint density at radius 2 is 2.21 bits per heavy atom. The zero-order valence-corrected chi connectivity index (χ0v) is 12.1. The Morgan fingerprint density at radius 1 is 1.47 bits per heavy atom. The molecule has 0 saturated carbocycles. The van der Waals surface area contributed by atoms with Crippen molar-refractivity contribution in [1.82, 2.24) is 0 Å². The van der Waals surface area contributed by atoms with Crippen LogP contribution in [0.1, 0.15) is 19.3 Å². The van der Waals surface area contributed by atoms with Gasteiger partial charge in [0.1, 0.15) is 5.75 Å². The summed E-state index contributed by atoms with van der Waals surface area (Å²) in [5.41, 5.74) is 0.233. The molecule has 0 aromatic heterocycles. The van der Waals surface area contributed by atoms with E-state index < -0.39 is 4.92 Å². The maximum atomic E-state index is 11.7. The molecule has 1 rings (SSSR count). The lowest BCUT2D eigenvalue weighted by molar-refractivity contribution is -0.384. The van der Waals surface area contributed by atoms with Gasteiger partial charge < -0.3 is 10.1 Å². The molecule has 0 unspecified atom stereocenters. The van der Waals surface area contributed by atoms with Gasteiger partial charge in [-0.3, -0.25) is 14.9 Å². The molecule has 0 spiro atoms. The van der Waals surface area contributed by atoms with Crippen LogP contribution in [0.2, 0.25) is 0 Å². The van der Waals surface area contributed by atoms with Crippen molar-refractivity contribution in [2.75, 3.05) is 17.8 Å². The molecule has 1 amide bonds. The first-order valence-electron chi connectivity index (χ1n) is 5.76. The third kappa shape index (κ3) is 4.86. The molecule has 1 aromatic rings. The number of rotatable bonds is 7. The molecular formula is C12H15BrN2O4. The summed E-state index contributed by atoms with van der Waals surface area (Å²) >= 11 is 3.29. The minimum absolute atomic E-state index is 0.0865. The summed E-state index contributed by atoms with van der Waals surface area (Å²) in [6.07, 6.45) is 2.03. The second kappa shape index (κ2) is 7.73. The molecule has 104 valence electrons. The lowest BCUT2D eigenvalue weighted by Crippen LogP contribution is -2.12. The van der Waals surface area contributed by atoms with Crippen LogP contribution in [0.15, 0.2) is 18.2 Å². The molecule has 6 nitrogen and oxygen atoms in total. The number of alkyl halides is 1. The van der Waals surface area contributed by atoms with E-state index in [1.54, 1.807) is 0 Å². The molecule has 0 radical (unpaired) electrons. The van der Waals surface area contributed by atoms with Gasteiger partial charge in [0.25, 0.3) is 5.69 Å². The summed E-state index contributed by atoms with van der Waals surface area (Å²) in [4.78, 5) is 21.9. The average molecular weight is 331 g/mol. The topological polar surface area (TPSA) is 81.5 Å². The van der Waals surface area contributed by atoms with Crippen molar-refractivity contribution in [2.45, 2.75) is 19.3 Å². The van der Waals surface area contributed by atoms with Crippen molar-refractivity contribution in [3.8, 4) is 5.75 Å². The number of carbonyl (C=O) groups excluding carboxylic acids is 1. The zero-order valence-electron chi connectivity index (χ0n) is 10.5. The number of nitro groups is 1. The number of carbonyl (C=O) groups is 1. The molecule has 0 saturated heterocycles. The summed E-state index contributed by atoms with van der Waals surface area (Å²) < 4.78 is 5.06. The maximum Gasteiger partial charge on any atom is 0.271 e. The predicted octanol–water partition coefficient (Wildman–Crippen LogP) is 3.11. The maximum absolute atomic E-state index is 11.7. The molecule has 0 aliphatic rings. The molecule has 0 atom stereocenters. The Balaban J connectivity index is 2.77. The number of halogens is 1. The zero-order chi connectivity index (χ0) is 14.3. The number of nitrogens with zero attached hydrogens (tertiary/aromatic N) is 1. The van der Waals surface area contributed by atoms with Crippen LogP contribution in [0.4, 0.5) is 11.4 Å². The highest BCUT2D eigenvalue weighted by Crippen LogP contribution is 2.28. The molecule has 0 bridgehead atoms. The SMILES string of the molecule is COc1ccc([N+](=O)[O-])cc1NC(=O)CCCCBr. The number of non-ortho nitro benzene ring substituents is 1. The van der Waals surface area contributed by atoms with Gasteiger partial charge in [-0.2, -0.15) is 0 Å². The smallest absolute Gasteiger partial charge is 0.271 e. The predicted molar refractivity (Wildman–Crippen MR) is 75.9 cm³/mol. The van der Waals surface area contributed by atoms with Crippen LogP contribution in [-0.2, 0) is 4.79 Å². The number of unbranched alkanes of at least 4 members (excludes halogenated alkanes) is 1. The number of hydrogen-bond donors (Lipinski definition) is 1. The number of nitrogens with one attached hydrogen (secondary N) is 1. The minimum Gasteiger partial charge on any atom is -0.495 e. The monoisotopic (exact) mass is 330 g/mol. The normalized spacial score (nSPS) is 10.0. The van der Waals surface area contributed by atoms with Crippen LogP contribution in [0.5, 0.6) is 5.75 Å². The Hall–Kier alpha value is -1.63. The van der Waals surface area contributed by atoms with Gasteiger partial charge >= 0.3 is 0 Å². The number of amides is 1. The number of methoxy groups -OCH3 is 1. The highest BCUT2D eigenvalue weighted by molar-refractivity contribution is 9.09. The van der Waals surface area contributed by atoms with Crippen LogP contribution >= 0.6 is 15.9 Å².